The largest absolute Gasteiger partial charge is 0.0610 e. The Hall–Kier alpha value is -4.94. The molecule has 0 heterocycles. The molecule has 9 rings (SSSR count). The Bertz CT molecular complexity index is 2280. The third-order valence-corrected chi connectivity index (χ3v) is 9.77. The lowest BCUT2D eigenvalue weighted by Gasteiger charge is -2.17. The third kappa shape index (κ3) is 3.83. The van der Waals surface area contributed by atoms with Crippen molar-refractivity contribution in [2.45, 2.75) is 32.6 Å². The lowest BCUT2D eigenvalue weighted by molar-refractivity contribution is 0.859. The van der Waals surface area contributed by atoms with E-state index in [0.717, 1.165) is 12.8 Å². The smallest absolute Gasteiger partial charge is 0.00194 e. The maximum Gasteiger partial charge on any atom is -0.00194 e. The number of hydrogen-bond donors (Lipinski definition) is 0. The Morgan fingerprint density at radius 3 is 1.19 bits per heavy atom. The van der Waals surface area contributed by atoms with Gasteiger partial charge >= 0.3 is 0 Å². The molecule has 43 heavy (non-hydrogen) atoms. The van der Waals surface area contributed by atoms with Crippen molar-refractivity contribution in [1.29, 1.82) is 0 Å². The van der Waals surface area contributed by atoms with Gasteiger partial charge in [0, 0.05) is 0 Å². The van der Waals surface area contributed by atoms with Gasteiger partial charge in [-0.15, -0.1) is 0 Å². The van der Waals surface area contributed by atoms with Crippen LogP contribution in [0.3, 0.4) is 0 Å². The van der Waals surface area contributed by atoms with Crippen molar-refractivity contribution in [3.05, 3.63) is 155 Å². The monoisotopic (exact) mass is 548 g/mol. The summed E-state index contributed by atoms with van der Waals surface area (Å²) in [4.78, 5) is 0. The molecule has 9 aromatic carbocycles. The maximum absolute atomic E-state index is 2.46. The minimum absolute atomic E-state index is 0.474. The van der Waals surface area contributed by atoms with Gasteiger partial charge in [0.15, 0.2) is 0 Å². The Morgan fingerprint density at radius 2 is 0.767 bits per heavy atom. The number of rotatable bonds is 5. The molecule has 9 aromatic rings. The fourth-order valence-electron chi connectivity index (χ4n) is 7.67. The Labute approximate surface area is 251 Å². The lowest BCUT2D eigenvalue weighted by Crippen LogP contribution is -1.99. The number of benzene rings is 9. The molecular formula is C43H32. The van der Waals surface area contributed by atoms with Crippen LogP contribution in [0.4, 0.5) is 0 Å². The van der Waals surface area contributed by atoms with Gasteiger partial charge in [-0.1, -0.05) is 141 Å². The van der Waals surface area contributed by atoms with Crippen molar-refractivity contribution < 1.29 is 0 Å². The van der Waals surface area contributed by atoms with Gasteiger partial charge in [-0.2, -0.15) is 0 Å². The molecule has 0 saturated carbocycles. The third-order valence-electron chi connectivity index (χ3n) is 9.77. The molecule has 0 aliphatic heterocycles. The fraction of sp³-hybridized carbons (Fsp3) is 0.116. The minimum atomic E-state index is 0.474. The normalized spacial score (nSPS) is 12.3. The van der Waals surface area contributed by atoms with Gasteiger partial charge in [0.25, 0.3) is 0 Å². The van der Waals surface area contributed by atoms with E-state index in [1.54, 1.807) is 0 Å². The van der Waals surface area contributed by atoms with E-state index in [1.807, 2.05) is 0 Å². The second kappa shape index (κ2) is 9.28. The first-order chi connectivity index (χ1) is 21.1. The molecule has 0 aliphatic carbocycles. The predicted octanol–water partition coefficient (Wildman–Crippen LogP) is 11.8. The lowest BCUT2D eigenvalue weighted by atomic mass is 9.87. The van der Waals surface area contributed by atoms with Gasteiger partial charge in [-0.05, 0) is 111 Å². The van der Waals surface area contributed by atoms with Gasteiger partial charge in [-0.25, -0.2) is 0 Å². The van der Waals surface area contributed by atoms with Crippen LogP contribution < -0.4 is 0 Å². The van der Waals surface area contributed by atoms with Crippen LogP contribution in [-0.2, 0) is 12.8 Å². The van der Waals surface area contributed by atoms with Gasteiger partial charge in [0.2, 0.25) is 0 Å². The zero-order valence-electron chi connectivity index (χ0n) is 24.6. The summed E-state index contributed by atoms with van der Waals surface area (Å²) in [6.07, 6.45) is 1.86. The average molecular weight is 549 g/mol. The van der Waals surface area contributed by atoms with Gasteiger partial charge in [0.05, 0.1) is 0 Å². The van der Waals surface area contributed by atoms with E-state index in [1.165, 1.54) is 92.5 Å². The Balaban J connectivity index is 1.16. The zero-order chi connectivity index (χ0) is 28.7. The molecular weight excluding hydrogens is 516 g/mol. The standard InChI is InChI=1S/C43H32/c1-26(2)37-24-27(22-35-15-13-33-11-9-29-5-3-7-31-17-19-38(35)42(33)40(29)31)21-28(25-37)23-36-16-14-34-12-10-30-6-4-8-32-18-20-39(36)43(34)41(30)32/h3-21,24-26H,22-23H2,1-2H3. The molecule has 0 N–H and O–H groups in total. The van der Waals surface area contributed by atoms with Crippen molar-refractivity contribution in [3.8, 4) is 0 Å². The van der Waals surface area contributed by atoms with E-state index < -0.39 is 0 Å². The van der Waals surface area contributed by atoms with Crippen molar-refractivity contribution in [2.24, 2.45) is 0 Å². The summed E-state index contributed by atoms with van der Waals surface area (Å²) in [5.41, 5.74) is 7.02. The highest BCUT2D eigenvalue weighted by Gasteiger charge is 2.15. The van der Waals surface area contributed by atoms with Crippen LogP contribution in [-0.4, -0.2) is 0 Å². The minimum Gasteiger partial charge on any atom is -0.0610 e. The molecule has 0 nitrogen and oxygen atoms in total. The SMILES string of the molecule is CC(C)c1cc(Cc2ccc3ccc4cccc5ccc2c3c45)cc(Cc2ccc3ccc4cccc5ccc2c3c45)c1. The second-order valence-corrected chi connectivity index (χ2v) is 12.8. The molecule has 0 atom stereocenters. The fourth-order valence-corrected chi connectivity index (χ4v) is 7.67. The second-order valence-electron chi connectivity index (χ2n) is 12.8. The molecule has 0 fully saturated rings. The summed E-state index contributed by atoms with van der Waals surface area (Å²) in [5.74, 6) is 0.474. The quantitative estimate of drug-likeness (QED) is 0.188. The molecule has 0 saturated heterocycles. The highest BCUT2D eigenvalue weighted by atomic mass is 14.2. The van der Waals surface area contributed by atoms with E-state index in [4.69, 9.17) is 0 Å². The van der Waals surface area contributed by atoms with E-state index in [0.29, 0.717) is 5.92 Å². The Morgan fingerprint density at radius 1 is 0.395 bits per heavy atom. The average Bonchev–Trinajstić information content (AvgIpc) is 3.04. The van der Waals surface area contributed by atoms with E-state index >= 15 is 0 Å². The van der Waals surface area contributed by atoms with E-state index in [2.05, 4.69) is 141 Å². The van der Waals surface area contributed by atoms with Crippen LogP contribution in [0.2, 0.25) is 0 Å². The van der Waals surface area contributed by atoms with Crippen LogP contribution in [0.5, 0.6) is 0 Å². The summed E-state index contributed by atoms with van der Waals surface area (Å²) in [6.45, 7) is 4.63. The molecule has 0 aromatic heterocycles. The first kappa shape index (κ1) is 24.6. The first-order valence-electron chi connectivity index (χ1n) is 15.5. The highest BCUT2D eigenvalue weighted by Crippen LogP contribution is 2.38. The summed E-state index contributed by atoms with van der Waals surface area (Å²) < 4.78 is 0. The Kier molecular flexibility index (Phi) is 5.32. The van der Waals surface area contributed by atoms with Crippen molar-refractivity contribution in [1.82, 2.24) is 0 Å². The number of hydrogen-bond acceptors (Lipinski definition) is 0. The predicted molar refractivity (Wildman–Crippen MR) is 186 cm³/mol. The molecule has 0 amide bonds. The van der Waals surface area contributed by atoms with Gasteiger partial charge < -0.3 is 0 Å². The van der Waals surface area contributed by atoms with Crippen LogP contribution in [0, 0.1) is 0 Å². The zero-order valence-corrected chi connectivity index (χ0v) is 24.6. The summed E-state index contributed by atoms with van der Waals surface area (Å²) in [6, 6.07) is 48.4. The summed E-state index contributed by atoms with van der Waals surface area (Å²) >= 11 is 0. The molecule has 0 bridgehead atoms. The van der Waals surface area contributed by atoms with Crippen molar-refractivity contribution in [2.75, 3.05) is 0 Å². The summed E-state index contributed by atoms with van der Waals surface area (Å²) in [5, 5.41) is 16.3. The first-order valence-corrected chi connectivity index (χ1v) is 15.5. The molecule has 0 unspecified atom stereocenters. The van der Waals surface area contributed by atoms with Crippen LogP contribution in [0.25, 0.3) is 64.6 Å². The summed E-state index contributed by atoms with van der Waals surface area (Å²) in [7, 11) is 0. The van der Waals surface area contributed by atoms with Gasteiger partial charge in [-0.3, -0.25) is 0 Å². The molecule has 204 valence electrons. The molecule has 0 aliphatic rings. The highest BCUT2D eigenvalue weighted by molar-refractivity contribution is 6.24. The topological polar surface area (TPSA) is 0 Å². The van der Waals surface area contributed by atoms with Crippen LogP contribution >= 0.6 is 0 Å². The van der Waals surface area contributed by atoms with Crippen molar-refractivity contribution >= 4 is 64.6 Å². The van der Waals surface area contributed by atoms with E-state index in [9.17, 15) is 0 Å². The molecule has 0 heteroatoms. The van der Waals surface area contributed by atoms with Crippen molar-refractivity contribution in [3.63, 3.8) is 0 Å². The molecule has 0 spiro atoms. The van der Waals surface area contributed by atoms with Crippen LogP contribution in [0.15, 0.2) is 127 Å². The van der Waals surface area contributed by atoms with Crippen LogP contribution in [0.1, 0.15) is 47.6 Å². The molecule has 0 radical (unpaired) electrons. The van der Waals surface area contributed by atoms with Gasteiger partial charge in [0.1, 0.15) is 0 Å². The van der Waals surface area contributed by atoms with E-state index in [-0.39, 0.29) is 0 Å². The maximum atomic E-state index is 2.46.